The first-order valence-electron chi connectivity index (χ1n) is 0.333. The monoisotopic (exact) mass is 123 g/mol. The Hall–Kier alpha value is -0.0416. The van der Waals surface area contributed by atoms with Crippen LogP contribution in [0.2, 0.25) is 0 Å². The van der Waals surface area contributed by atoms with Gasteiger partial charge in [0, 0.05) is 18.0 Å². The smallest absolute Gasteiger partial charge is 0.0772 e. The summed E-state index contributed by atoms with van der Waals surface area (Å²) in [6, 6.07) is 0. The molecule has 0 aliphatic heterocycles. The molecular weight excluding hydrogens is 123 g/mol. The molecule has 0 aromatic carbocycles. The standard InChI is InChI=1S/As.O3/c;1-3-2. The first-order valence-corrected chi connectivity index (χ1v) is 0.333. The van der Waals surface area contributed by atoms with Crippen LogP contribution < -0.4 is 5.26 Å². The van der Waals surface area contributed by atoms with Crippen LogP contribution in [0.5, 0.6) is 0 Å². The third kappa shape index (κ3) is 1040. The quantitative estimate of drug-likeness (QED) is 0.170. The molecule has 3 radical (unpaired) electrons. The van der Waals surface area contributed by atoms with Crippen LogP contribution in [-0.4, -0.2) is 18.0 Å². The maximum Gasteiger partial charge on any atom is 0.154 e. The van der Waals surface area contributed by atoms with E-state index in [1.165, 1.54) is 0 Å². The number of hydrogen-bond acceptors (Lipinski definition) is 2. The third-order valence-electron chi connectivity index (χ3n) is 0. The molecule has 0 atom stereocenters. The van der Waals surface area contributed by atoms with Gasteiger partial charge in [-0.15, -0.1) is 0 Å². The molecule has 0 heterocycles. The molecule has 0 unspecified atom stereocenters. The molecular formula is AsO3. The van der Waals surface area contributed by atoms with E-state index in [1.54, 1.807) is 4.75 Å². The zero-order chi connectivity index (χ0) is 2.71. The molecule has 0 saturated carbocycles. The molecule has 0 bridgehead atoms. The van der Waals surface area contributed by atoms with E-state index in [1.807, 2.05) is 0 Å². The summed E-state index contributed by atoms with van der Waals surface area (Å²) in [6.07, 6.45) is 0. The van der Waals surface area contributed by atoms with E-state index in [9.17, 15) is 0 Å². The van der Waals surface area contributed by atoms with Gasteiger partial charge in [0.25, 0.3) is 0 Å². The van der Waals surface area contributed by atoms with Crippen LogP contribution in [0.4, 0.5) is 0 Å². The molecule has 0 fully saturated rings. The van der Waals surface area contributed by atoms with Crippen molar-refractivity contribution < 1.29 is 5.26 Å². The zero-order valence-electron chi connectivity index (χ0n) is 1.67. The van der Waals surface area contributed by atoms with E-state index < -0.39 is 0 Å². The fourth-order valence-corrected chi connectivity index (χ4v) is 0. The Morgan fingerprint density at radius 1 is 1.75 bits per heavy atom. The topological polar surface area (TPSA) is 51.4 Å². The maximum atomic E-state index is 7.88. The molecule has 23 valence electrons. The van der Waals surface area contributed by atoms with Gasteiger partial charge in [0.1, 0.15) is 0 Å². The minimum atomic E-state index is 0. The summed E-state index contributed by atoms with van der Waals surface area (Å²) in [5.74, 6) is 0. The molecule has 0 spiro atoms. The fourth-order valence-electron chi connectivity index (χ4n) is 0. The Balaban J connectivity index is 0. The van der Waals surface area contributed by atoms with Crippen molar-refractivity contribution in [1.29, 1.82) is 0 Å². The summed E-state index contributed by atoms with van der Waals surface area (Å²) in [5, 5.41) is 7.88. The summed E-state index contributed by atoms with van der Waals surface area (Å²) in [4.78, 5) is 7.88. The van der Waals surface area contributed by atoms with Crippen molar-refractivity contribution in [2.75, 3.05) is 0 Å². The summed E-state index contributed by atoms with van der Waals surface area (Å²) >= 11 is 0. The van der Waals surface area contributed by atoms with Gasteiger partial charge in [-0.2, -0.15) is 0 Å². The zero-order valence-corrected chi connectivity index (χ0v) is 3.55. The van der Waals surface area contributed by atoms with Gasteiger partial charge < -0.3 is 0 Å². The molecule has 0 rings (SSSR count). The van der Waals surface area contributed by atoms with Gasteiger partial charge in [0.05, 0.1) is 0 Å². The minimum absolute atomic E-state index is 0. The molecule has 0 aliphatic rings. The van der Waals surface area contributed by atoms with Crippen molar-refractivity contribution in [1.82, 2.24) is 0 Å². The Bertz CT molecular complexity index is 10.8. The van der Waals surface area contributed by atoms with Crippen molar-refractivity contribution in [3.8, 4) is 0 Å². The van der Waals surface area contributed by atoms with E-state index in [0.29, 0.717) is 0 Å². The Kier molecular flexibility index (Phi) is 27.9. The van der Waals surface area contributed by atoms with Gasteiger partial charge in [-0.25, -0.2) is 0 Å². The molecule has 4 heavy (non-hydrogen) atoms. The minimum Gasteiger partial charge on any atom is -0.0772 e. The summed E-state index contributed by atoms with van der Waals surface area (Å²) in [5.41, 5.74) is 0. The molecule has 4 heteroatoms. The molecule has 3 nitrogen and oxygen atoms in total. The number of rotatable bonds is 0. The Morgan fingerprint density at radius 3 is 1.75 bits per heavy atom. The van der Waals surface area contributed by atoms with Gasteiger partial charge in [0.2, 0.25) is 0 Å². The van der Waals surface area contributed by atoms with Crippen LogP contribution in [0, 0.1) is 9.71 Å². The Labute approximate surface area is 33.8 Å². The maximum absolute atomic E-state index is 7.88. The molecule has 0 aliphatic carbocycles. The first kappa shape index (κ1) is 9.03. The van der Waals surface area contributed by atoms with Gasteiger partial charge in [-0.1, -0.05) is 10.2 Å². The predicted octanol–water partition coefficient (Wildman–Crippen LogP) is -1.50. The second-order valence-corrected chi connectivity index (χ2v) is 0.0680. The van der Waals surface area contributed by atoms with E-state index in [2.05, 4.69) is 0 Å². The summed E-state index contributed by atoms with van der Waals surface area (Å²) < 4.78 is 1.75. The third-order valence-corrected chi connectivity index (χ3v) is 0. The van der Waals surface area contributed by atoms with E-state index in [4.69, 9.17) is 10.2 Å². The predicted molar refractivity (Wildman–Crippen MR) is 12.5 cm³/mol. The van der Waals surface area contributed by atoms with Gasteiger partial charge in [0.15, 0.2) is 4.75 Å². The van der Waals surface area contributed by atoms with Crippen molar-refractivity contribution in [3.63, 3.8) is 0 Å². The van der Waals surface area contributed by atoms with Crippen LogP contribution in [0.1, 0.15) is 0 Å². The molecule has 0 aromatic rings. The SMILES string of the molecule is O=[O+][O-].[As]. The van der Waals surface area contributed by atoms with Crippen LogP contribution >= 0.6 is 0 Å². The summed E-state index contributed by atoms with van der Waals surface area (Å²) in [6.45, 7) is 0. The van der Waals surface area contributed by atoms with Crippen LogP contribution in [0.15, 0.2) is 0 Å². The van der Waals surface area contributed by atoms with Crippen LogP contribution in [-0.2, 0) is 0 Å². The van der Waals surface area contributed by atoms with Crippen molar-refractivity contribution in [3.05, 3.63) is 9.71 Å². The summed E-state index contributed by atoms with van der Waals surface area (Å²) in [7, 11) is 0. The fraction of sp³-hybridized carbons (Fsp3) is 0. The van der Waals surface area contributed by atoms with Crippen molar-refractivity contribution >= 4 is 18.0 Å². The molecule has 0 amide bonds. The molecule has 0 aromatic heterocycles. The Morgan fingerprint density at radius 2 is 1.75 bits per heavy atom. The average molecular weight is 123 g/mol. The van der Waals surface area contributed by atoms with E-state index in [0.717, 1.165) is 0 Å². The van der Waals surface area contributed by atoms with Gasteiger partial charge in [-0.05, 0) is 0 Å². The average Bonchev–Trinajstić information content (AvgIpc) is 0.918. The molecule has 0 saturated heterocycles. The van der Waals surface area contributed by atoms with Crippen molar-refractivity contribution in [2.45, 2.75) is 0 Å². The van der Waals surface area contributed by atoms with Gasteiger partial charge >= 0.3 is 0 Å². The van der Waals surface area contributed by atoms with Crippen molar-refractivity contribution in [2.24, 2.45) is 0 Å². The van der Waals surface area contributed by atoms with E-state index >= 15 is 0 Å². The second kappa shape index (κ2) is 12.4. The second-order valence-electron chi connectivity index (χ2n) is 0.0680. The van der Waals surface area contributed by atoms with Crippen LogP contribution in [0.25, 0.3) is 0 Å². The van der Waals surface area contributed by atoms with E-state index in [-0.39, 0.29) is 18.0 Å². The normalized spacial score (nSPS) is 3.00. The largest absolute Gasteiger partial charge is 0.154 e. The van der Waals surface area contributed by atoms with Gasteiger partial charge in [-0.3, -0.25) is 0 Å². The first-order chi connectivity index (χ1) is 1.41. The number of hydrogen-bond donors (Lipinski definition) is 0. The molecule has 0 N–H and O–H groups in total. The van der Waals surface area contributed by atoms with Crippen LogP contribution in [0.3, 0.4) is 0 Å².